The van der Waals surface area contributed by atoms with Crippen molar-refractivity contribution < 1.29 is 0 Å². The van der Waals surface area contributed by atoms with E-state index in [1.54, 1.807) is 0 Å². The molecule has 3 aromatic rings. The Balaban J connectivity index is 1.98. The van der Waals surface area contributed by atoms with E-state index in [9.17, 15) is 0 Å². The lowest BCUT2D eigenvalue weighted by atomic mass is 9.93. The second kappa shape index (κ2) is 7.94. The number of hydrogen-bond donors (Lipinski definition) is 1. The van der Waals surface area contributed by atoms with Crippen molar-refractivity contribution in [2.24, 2.45) is 0 Å². The maximum atomic E-state index is 3.89. The molecule has 1 nitrogen and oxygen atoms in total. The third-order valence-electron chi connectivity index (χ3n) is 4.61. The lowest BCUT2D eigenvalue weighted by Crippen LogP contribution is -2.27. The fourth-order valence-corrected chi connectivity index (χ4v) is 3.26. The molecule has 1 N–H and O–H groups in total. The minimum absolute atomic E-state index is 0.192. The summed E-state index contributed by atoms with van der Waals surface area (Å²) in [5, 5.41) is 3.89. The lowest BCUT2D eigenvalue weighted by molar-refractivity contribution is 0.473. The molecule has 0 aliphatic rings. The molecule has 1 unspecified atom stereocenters. The van der Waals surface area contributed by atoms with Gasteiger partial charge in [-0.2, -0.15) is 0 Å². The normalized spacial score (nSPS) is 13.4. The Hall–Kier alpha value is -2.38. The summed E-state index contributed by atoms with van der Waals surface area (Å²) in [6, 6.07) is 30.6. The monoisotopic (exact) mass is 315 g/mol. The Morgan fingerprint density at radius 3 is 1.83 bits per heavy atom. The number of benzene rings is 3. The predicted molar refractivity (Wildman–Crippen MR) is 102 cm³/mol. The highest BCUT2D eigenvalue weighted by Crippen LogP contribution is 2.29. The van der Waals surface area contributed by atoms with E-state index in [0.717, 1.165) is 6.42 Å². The average molecular weight is 315 g/mol. The Bertz CT molecular complexity index is 749. The van der Waals surface area contributed by atoms with Crippen LogP contribution >= 0.6 is 0 Å². The molecule has 0 aliphatic heterocycles. The zero-order chi connectivity index (χ0) is 16.8. The molecule has 0 spiro atoms. The van der Waals surface area contributed by atoms with Crippen LogP contribution in [0.5, 0.6) is 0 Å². The summed E-state index contributed by atoms with van der Waals surface area (Å²) in [6.07, 6.45) is 1.05. The van der Waals surface area contributed by atoms with Gasteiger partial charge in [0.15, 0.2) is 0 Å². The van der Waals surface area contributed by atoms with E-state index in [4.69, 9.17) is 0 Å². The smallest absolute Gasteiger partial charge is 0.0584 e. The summed E-state index contributed by atoms with van der Waals surface area (Å²) in [7, 11) is 0. The highest BCUT2D eigenvalue weighted by atomic mass is 15.0. The first-order chi connectivity index (χ1) is 11.8. The Morgan fingerprint density at radius 2 is 1.25 bits per heavy atom. The summed E-state index contributed by atoms with van der Waals surface area (Å²) in [5.74, 6) is 0. The number of nitrogens with one attached hydrogen (secondary N) is 1. The van der Waals surface area contributed by atoms with Crippen LogP contribution in [0.1, 0.15) is 47.7 Å². The van der Waals surface area contributed by atoms with Crippen LogP contribution in [0.2, 0.25) is 0 Å². The number of rotatable bonds is 6. The molecule has 0 fully saturated rings. The molecular formula is C23H25N. The van der Waals surface area contributed by atoms with Gasteiger partial charge in [-0.3, -0.25) is 5.32 Å². The third-order valence-corrected chi connectivity index (χ3v) is 4.61. The van der Waals surface area contributed by atoms with Gasteiger partial charge >= 0.3 is 0 Å². The van der Waals surface area contributed by atoms with Crippen LogP contribution in [-0.4, -0.2) is 0 Å². The molecule has 0 bridgehead atoms. The molecule has 0 aliphatic carbocycles. The van der Waals surface area contributed by atoms with Gasteiger partial charge in [0.25, 0.3) is 0 Å². The van der Waals surface area contributed by atoms with Gasteiger partial charge in [0, 0.05) is 6.04 Å². The van der Waals surface area contributed by atoms with Gasteiger partial charge in [-0.25, -0.2) is 0 Å². The maximum Gasteiger partial charge on any atom is 0.0584 e. The van der Waals surface area contributed by atoms with E-state index in [0.29, 0.717) is 6.04 Å². The minimum atomic E-state index is 0.192. The van der Waals surface area contributed by atoms with Gasteiger partial charge in [-0.1, -0.05) is 91.9 Å². The maximum absolute atomic E-state index is 3.89. The second-order valence-electron chi connectivity index (χ2n) is 6.24. The van der Waals surface area contributed by atoms with E-state index in [2.05, 4.69) is 104 Å². The standard InChI is InChI=1S/C23H25N/c1-3-22(19-13-6-4-7-14-19)24-23(20-15-8-5-9-16-20)21-17-11-10-12-18(21)2/h4-17,22-24H,3H2,1-2H3/t22-,23?/m1/s1. The van der Waals surface area contributed by atoms with Crippen molar-refractivity contribution in [2.45, 2.75) is 32.4 Å². The first-order valence-corrected chi connectivity index (χ1v) is 8.71. The van der Waals surface area contributed by atoms with Crippen molar-refractivity contribution in [1.29, 1.82) is 0 Å². The molecule has 0 saturated heterocycles. The molecule has 0 heterocycles. The Morgan fingerprint density at radius 1 is 0.708 bits per heavy atom. The van der Waals surface area contributed by atoms with E-state index in [1.165, 1.54) is 22.3 Å². The first kappa shape index (κ1) is 16.5. The molecule has 1 heteroatoms. The van der Waals surface area contributed by atoms with Gasteiger partial charge in [-0.05, 0) is 35.6 Å². The average Bonchev–Trinajstić information content (AvgIpc) is 2.65. The fraction of sp³-hybridized carbons (Fsp3) is 0.217. The summed E-state index contributed by atoms with van der Waals surface area (Å²) < 4.78 is 0. The highest BCUT2D eigenvalue weighted by Gasteiger charge is 2.20. The SMILES string of the molecule is CC[C@@H](NC(c1ccccc1)c1ccccc1C)c1ccccc1. The van der Waals surface area contributed by atoms with Gasteiger partial charge in [0.05, 0.1) is 6.04 Å². The van der Waals surface area contributed by atoms with Crippen LogP contribution in [0.25, 0.3) is 0 Å². The Kier molecular flexibility index (Phi) is 5.45. The zero-order valence-electron chi connectivity index (χ0n) is 14.4. The summed E-state index contributed by atoms with van der Waals surface area (Å²) in [5.41, 5.74) is 5.32. The van der Waals surface area contributed by atoms with Gasteiger partial charge in [0.1, 0.15) is 0 Å². The van der Waals surface area contributed by atoms with E-state index >= 15 is 0 Å². The molecule has 0 saturated carbocycles. The van der Waals surface area contributed by atoms with Crippen LogP contribution in [0.3, 0.4) is 0 Å². The highest BCUT2D eigenvalue weighted by molar-refractivity contribution is 5.37. The quantitative estimate of drug-likeness (QED) is 0.604. The van der Waals surface area contributed by atoms with Crippen LogP contribution in [0.4, 0.5) is 0 Å². The summed E-state index contributed by atoms with van der Waals surface area (Å²) >= 11 is 0. The molecular weight excluding hydrogens is 290 g/mol. The van der Waals surface area contributed by atoms with Crippen LogP contribution in [0.15, 0.2) is 84.9 Å². The van der Waals surface area contributed by atoms with E-state index in [-0.39, 0.29) is 6.04 Å². The predicted octanol–water partition coefficient (Wildman–Crippen LogP) is 5.83. The third kappa shape index (κ3) is 3.74. The lowest BCUT2D eigenvalue weighted by Gasteiger charge is -2.27. The Labute approximate surface area is 145 Å². The van der Waals surface area contributed by atoms with Crippen LogP contribution < -0.4 is 5.32 Å². The van der Waals surface area contributed by atoms with Gasteiger partial charge in [-0.15, -0.1) is 0 Å². The first-order valence-electron chi connectivity index (χ1n) is 8.71. The molecule has 0 aromatic heterocycles. The molecule has 24 heavy (non-hydrogen) atoms. The van der Waals surface area contributed by atoms with Crippen LogP contribution in [-0.2, 0) is 0 Å². The molecule has 2 atom stereocenters. The summed E-state index contributed by atoms with van der Waals surface area (Å²) in [4.78, 5) is 0. The molecule has 122 valence electrons. The topological polar surface area (TPSA) is 12.0 Å². The largest absolute Gasteiger partial charge is 0.299 e. The van der Waals surface area contributed by atoms with Crippen molar-refractivity contribution in [2.75, 3.05) is 0 Å². The molecule has 3 aromatic carbocycles. The van der Waals surface area contributed by atoms with E-state index < -0.39 is 0 Å². The minimum Gasteiger partial charge on any atom is -0.299 e. The van der Waals surface area contributed by atoms with Crippen molar-refractivity contribution >= 4 is 0 Å². The van der Waals surface area contributed by atoms with Gasteiger partial charge < -0.3 is 0 Å². The summed E-state index contributed by atoms with van der Waals surface area (Å²) in [6.45, 7) is 4.43. The molecule has 0 radical (unpaired) electrons. The van der Waals surface area contributed by atoms with Crippen molar-refractivity contribution in [3.63, 3.8) is 0 Å². The number of hydrogen-bond acceptors (Lipinski definition) is 1. The molecule has 0 amide bonds. The second-order valence-corrected chi connectivity index (χ2v) is 6.24. The fourth-order valence-electron chi connectivity index (χ4n) is 3.26. The number of aryl methyl sites for hydroxylation is 1. The van der Waals surface area contributed by atoms with Crippen molar-refractivity contribution in [1.82, 2.24) is 5.32 Å². The van der Waals surface area contributed by atoms with E-state index in [1.807, 2.05) is 0 Å². The van der Waals surface area contributed by atoms with Crippen molar-refractivity contribution in [3.8, 4) is 0 Å². The molecule has 3 rings (SSSR count). The van der Waals surface area contributed by atoms with Crippen molar-refractivity contribution in [3.05, 3.63) is 107 Å². The van der Waals surface area contributed by atoms with Gasteiger partial charge in [0.2, 0.25) is 0 Å². The zero-order valence-corrected chi connectivity index (χ0v) is 14.4. The van der Waals surface area contributed by atoms with Crippen LogP contribution in [0, 0.1) is 6.92 Å².